The molecule has 29 heavy (non-hydrogen) atoms. The number of ether oxygens (including phenoxy) is 3. The first-order valence-electron chi connectivity index (χ1n) is 11.2. The summed E-state index contributed by atoms with van der Waals surface area (Å²) in [6.45, 7) is 16.1. The molecule has 0 aromatic heterocycles. The molecule has 8 heteroatoms. The highest BCUT2D eigenvalue weighted by atomic mass is 19.2. The molecule has 1 heterocycles. The summed E-state index contributed by atoms with van der Waals surface area (Å²) in [6.07, 6.45) is 3.13. The van der Waals surface area contributed by atoms with E-state index in [4.69, 9.17) is 14.2 Å². The van der Waals surface area contributed by atoms with E-state index in [2.05, 4.69) is 17.3 Å². The molecular weight excluding hydrogens is 377 g/mol. The van der Waals surface area contributed by atoms with E-state index in [-0.39, 0.29) is 5.91 Å². The molecule has 1 aliphatic rings. The van der Waals surface area contributed by atoms with Gasteiger partial charge in [0.15, 0.2) is 0 Å². The number of amides is 1. The number of likely N-dealkylation sites (tertiary alicyclic amines) is 1. The highest BCUT2D eigenvalue weighted by Gasteiger charge is 2.16. The largest absolute Gasteiger partial charge is 0.377 e. The minimum atomic E-state index is 0.0564. The van der Waals surface area contributed by atoms with Gasteiger partial charge >= 0.3 is 0 Å². The lowest BCUT2D eigenvalue weighted by Crippen LogP contribution is -2.34. The summed E-state index contributed by atoms with van der Waals surface area (Å²) < 4.78 is 28.3. The van der Waals surface area contributed by atoms with Gasteiger partial charge in [-0.25, -0.2) is 0 Å². The van der Waals surface area contributed by atoms with Crippen molar-refractivity contribution in [3.05, 3.63) is 0 Å². The molecule has 0 unspecified atom stereocenters. The Balaban J connectivity index is 0. The molecular formula is C21H46FN3O4. The number of carbonyl (C=O) groups is 1. The number of rotatable bonds is 13. The molecule has 1 aliphatic heterocycles. The van der Waals surface area contributed by atoms with Crippen LogP contribution in [0.5, 0.6) is 0 Å². The van der Waals surface area contributed by atoms with Crippen LogP contribution in [-0.2, 0) is 19.0 Å². The topological polar surface area (TPSA) is 63.3 Å². The summed E-state index contributed by atoms with van der Waals surface area (Å²) >= 11 is 0. The zero-order valence-corrected chi connectivity index (χ0v) is 19.7. The molecule has 0 radical (unpaired) electrons. The van der Waals surface area contributed by atoms with Crippen LogP contribution in [0.25, 0.3) is 0 Å². The van der Waals surface area contributed by atoms with Gasteiger partial charge in [-0.15, -0.1) is 9.60 Å². The summed E-state index contributed by atoms with van der Waals surface area (Å²) in [6, 6.07) is 0. The lowest BCUT2D eigenvalue weighted by atomic mass is 10.1. The van der Waals surface area contributed by atoms with Crippen molar-refractivity contribution in [2.24, 2.45) is 0 Å². The molecule has 1 N–H and O–H groups in total. The summed E-state index contributed by atoms with van der Waals surface area (Å²) in [4.78, 5) is 13.3. The number of nitrogens with zero attached hydrogens (tertiary/aromatic N) is 2. The van der Waals surface area contributed by atoms with Crippen molar-refractivity contribution < 1.29 is 23.5 Å². The number of hydrogen-bond donors (Lipinski definition) is 1. The van der Waals surface area contributed by atoms with Gasteiger partial charge in [-0.1, -0.05) is 20.8 Å². The van der Waals surface area contributed by atoms with E-state index in [9.17, 15) is 9.28 Å². The predicted octanol–water partition coefficient (Wildman–Crippen LogP) is 2.90. The molecule has 0 aliphatic carbocycles. The molecule has 7 nitrogen and oxygen atoms in total. The number of piperidine rings is 1. The zero-order chi connectivity index (χ0) is 22.3. The van der Waals surface area contributed by atoms with Gasteiger partial charge in [0.25, 0.3) is 0 Å². The van der Waals surface area contributed by atoms with Crippen molar-refractivity contribution >= 4 is 5.91 Å². The highest BCUT2D eigenvalue weighted by Crippen LogP contribution is 2.11. The van der Waals surface area contributed by atoms with Gasteiger partial charge in [0.05, 0.1) is 39.1 Å². The Bertz CT molecular complexity index is 340. The van der Waals surface area contributed by atoms with Crippen LogP contribution in [0, 0.1) is 0 Å². The van der Waals surface area contributed by atoms with E-state index in [1.54, 1.807) is 13.8 Å². The maximum Gasteiger partial charge on any atom is 0.219 e. The first-order valence-corrected chi connectivity index (χ1v) is 11.2. The van der Waals surface area contributed by atoms with Gasteiger partial charge in [0.2, 0.25) is 5.91 Å². The second-order valence-corrected chi connectivity index (χ2v) is 6.40. The average Bonchev–Trinajstić information content (AvgIpc) is 2.77. The van der Waals surface area contributed by atoms with Crippen LogP contribution in [-0.4, -0.2) is 94.8 Å². The van der Waals surface area contributed by atoms with Crippen LogP contribution in [0.3, 0.4) is 0 Å². The van der Waals surface area contributed by atoms with E-state index in [0.717, 1.165) is 31.1 Å². The molecule has 1 rings (SSSR count). The van der Waals surface area contributed by atoms with E-state index < -0.39 is 0 Å². The van der Waals surface area contributed by atoms with Gasteiger partial charge in [-0.05, 0) is 33.7 Å². The first kappa shape index (κ1) is 30.4. The van der Waals surface area contributed by atoms with Crippen LogP contribution >= 0.6 is 0 Å². The lowest BCUT2D eigenvalue weighted by molar-refractivity contribution is -0.121. The van der Waals surface area contributed by atoms with Crippen molar-refractivity contribution in [3.63, 3.8) is 0 Å². The normalized spacial score (nSPS) is 14.6. The third kappa shape index (κ3) is 21.7. The Morgan fingerprint density at radius 3 is 2.00 bits per heavy atom. The van der Waals surface area contributed by atoms with E-state index in [1.165, 1.54) is 0 Å². The summed E-state index contributed by atoms with van der Waals surface area (Å²) in [5.74, 6) is 0.0564. The van der Waals surface area contributed by atoms with Crippen LogP contribution < -0.4 is 5.32 Å². The van der Waals surface area contributed by atoms with Crippen molar-refractivity contribution in [2.45, 2.75) is 60.0 Å². The second-order valence-electron chi connectivity index (χ2n) is 6.40. The second kappa shape index (κ2) is 23.5. The van der Waals surface area contributed by atoms with Crippen LogP contribution in [0.1, 0.15) is 53.9 Å². The fourth-order valence-corrected chi connectivity index (χ4v) is 2.36. The summed E-state index contributed by atoms with van der Waals surface area (Å²) in [5, 5.41) is 3.50. The molecule has 0 saturated carbocycles. The van der Waals surface area contributed by atoms with Crippen LogP contribution in [0.15, 0.2) is 0 Å². The standard InChI is InChI=1S/C15H30N2O4.C4H10FN.C2H6/c1-3-15(18)16-6-9-19-10-11-20-12-13-21-14-4-7-17(2)8-5-14;1-3-6(5)4-2;1-2/h14H,3-13H2,1-2H3,(H,16,18);3-4H2,1-2H3;1-2H3. The minimum Gasteiger partial charge on any atom is -0.377 e. The molecule has 1 fully saturated rings. The molecule has 0 aromatic rings. The Kier molecular flexibility index (Phi) is 24.6. The monoisotopic (exact) mass is 423 g/mol. The Labute approximate surface area is 178 Å². The number of carbonyl (C=O) groups excluding carboxylic acids is 1. The molecule has 176 valence electrons. The smallest absolute Gasteiger partial charge is 0.219 e. The Morgan fingerprint density at radius 1 is 1.00 bits per heavy atom. The quantitative estimate of drug-likeness (QED) is 0.363. The fraction of sp³-hybridized carbons (Fsp3) is 0.952. The molecule has 0 bridgehead atoms. The molecule has 1 saturated heterocycles. The van der Waals surface area contributed by atoms with Gasteiger partial charge < -0.3 is 24.4 Å². The van der Waals surface area contributed by atoms with Crippen molar-refractivity contribution in [1.29, 1.82) is 0 Å². The third-order valence-electron chi connectivity index (χ3n) is 4.19. The predicted molar refractivity (Wildman–Crippen MR) is 117 cm³/mol. The van der Waals surface area contributed by atoms with Crippen LogP contribution in [0.4, 0.5) is 4.48 Å². The van der Waals surface area contributed by atoms with E-state index in [1.807, 2.05) is 20.8 Å². The highest BCUT2D eigenvalue weighted by molar-refractivity contribution is 5.75. The van der Waals surface area contributed by atoms with Gasteiger partial charge in [-0.2, -0.15) is 0 Å². The van der Waals surface area contributed by atoms with Crippen molar-refractivity contribution in [2.75, 3.05) is 72.8 Å². The molecule has 0 atom stereocenters. The number of hydrogen-bond acceptors (Lipinski definition) is 6. The molecule has 0 aromatic carbocycles. The van der Waals surface area contributed by atoms with E-state index >= 15 is 0 Å². The minimum absolute atomic E-state index is 0.0564. The van der Waals surface area contributed by atoms with Gasteiger partial charge in [0.1, 0.15) is 0 Å². The van der Waals surface area contributed by atoms with Gasteiger partial charge in [-0.3, -0.25) is 4.79 Å². The molecule has 1 amide bonds. The lowest BCUT2D eigenvalue weighted by Gasteiger charge is -2.28. The SMILES string of the molecule is CC.CCC(=O)NCCOCCOCCOC1CCN(C)CC1.CCN(F)CC. The average molecular weight is 424 g/mol. The zero-order valence-electron chi connectivity index (χ0n) is 19.7. The Hall–Kier alpha value is -0.800. The maximum atomic E-state index is 11.7. The van der Waals surface area contributed by atoms with E-state index in [0.29, 0.717) is 65.2 Å². The first-order chi connectivity index (χ1) is 14.0. The maximum absolute atomic E-state index is 11.7. The van der Waals surface area contributed by atoms with Gasteiger partial charge in [0, 0.05) is 39.1 Å². The van der Waals surface area contributed by atoms with Crippen LogP contribution in [0.2, 0.25) is 0 Å². The third-order valence-corrected chi connectivity index (χ3v) is 4.19. The fourth-order valence-electron chi connectivity index (χ4n) is 2.36. The molecule has 0 spiro atoms. The number of halogens is 1. The Morgan fingerprint density at radius 2 is 1.52 bits per heavy atom. The summed E-state index contributed by atoms with van der Waals surface area (Å²) in [7, 11) is 2.15. The summed E-state index contributed by atoms with van der Waals surface area (Å²) in [5.41, 5.74) is 0. The number of nitrogens with one attached hydrogen (secondary N) is 1. The van der Waals surface area contributed by atoms with Crippen molar-refractivity contribution in [3.8, 4) is 0 Å². The van der Waals surface area contributed by atoms with Crippen molar-refractivity contribution in [1.82, 2.24) is 15.3 Å².